The number of rotatable bonds is 6. The molecule has 0 fully saturated rings. The standard InChI is InChI=1S/C19H24FN/c1-4-7-15-8-6-9-16(12-15)19(21-5-2)17-10-14(3)11-18(20)13-17/h6,8-13,19,21H,4-5,7H2,1-3H3. The van der Waals surface area contributed by atoms with Gasteiger partial charge in [0.2, 0.25) is 0 Å². The van der Waals surface area contributed by atoms with Gasteiger partial charge in [-0.1, -0.05) is 50.6 Å². The van der Waals surface area contributed by atoms with Gasteiger partial charge in [0.1, 0.15) is 5.82 Å². The van der Waals surface area contributed by atoms with E-state index in [1.165, 1.54) is 11.1 Å². The second-order valence-corrected chi connectivity index (χ2v) is 5.55. The fraction of sp³-hybridized carbons (Fsp3) is 0.368. The number of hydrogen-bond donors (Lipinski definition) is 1. The second-order valence-electron chi connectivity index (χ2n) is 5.55. The Morgan fingerprint density at radius 2 is 1.86 bits per heavy atom. The van der Waals surface area contributed by atoms with E-state index in [2.05, 4.69) is 49.5 Å². The van der Waals surface area contributed by atoms with Crippen LogP contribution >= 0.6 is 0 Å². The van der Waals surface area contributed by atoms with Crippen LogP contribution in [0.5, 0.6) is 0 Å². The zero-order valence-electron chi connectivity index (χ0n) is 13.1. The van der Waals surface area contributed by atoms with Gasteiger partial charge in [0.25, 0.3) is 0 Å². The maximum absolute atomic E-state index is 13.7. The minimum absolute atomic E-state index is 0.0428. The van der Waals surface area contributed by atoms with Crippen LogP contribution in [-0.4, -0.2) is 6.54 Å². The third-order valence-electron chi connectivity index (χ3n) is 3.63. The normalized spacial score (nSPS) is 12.4. The molecule has 112 valence electrons. The van der Waals surface area contributed by atoms with E-state index in [1.807, 2.05) is 6.92 Å². The topological polar surface area (TPSA) is 12.0 Å². The Hall–Kier alpha value is -1.67. The summed E-state index contributed by atoms with van der Waals surface area (Å²) in [5, 5.41) is 3.47. The largest absolute Gasteiger partial charge is 0.307 e. The van der Waals surface area contributed by atoms with Crippen LogP contribution < -0.4 is 5.32 Å². The molecule has 0 spiro atoms. The first-order chi connectivity index (χ1) is 10.1. The summed E-state index contributed by atoms with van der Waals surface area (Å²) in [5.74, 6) is -0.169. The molecular weight excluding hydrogens is 261 g/mol. The smallest absolute Gasteiger partial charge is 0.123 e. The van der Waals surface area contributed by atoms with Gasteiger partial charge in [0, 0.05) is 0 Å². The number of hydrogen-bond acceptors (Lipinski definition) is 1. The van der Waals surface area contributed by atoms with Crippen molar-refractivity contribution in [1.82, 2.24) is 5.32 Å². The maximum Gasteiger partial charge on any atom is 0.123 e. The molecule has 0 heterocycles. The molecule has 2 aromatic carbocycles. The van der Waals surface area contributed by atoms with E-state index in [1.54, 1.807) is 12.1 Å². The van der Waals surface area contributed by atoms with Crippen molar-refractivity contribution in [3.63, 3.8) is 0 Å². The van der Waals surface area contributed by atoms with E-state index in [9.17, 15) is 4.39 Å². The molecule has 1 unspecified atom stereocenters. The summed E-state index contributed by atoms with van der Waals surface area (Å²) in [6.07, 6.45) is 2.21. The first-order valence-corrected chi connectivity index (χ1v) is 7.73. The average molecular weight is 285 g/mol. The van der Waals surface area contributed by atoms with E-state index < -0.39 is 0 Å². The van der Waals surface area contributed by atoms with Crippen molar-refractivity contribution in [2.24, 2.45) is 0 Å². The van der Waals surface area contributed by atoms with E-state index in [4.69, 9.17) is 0 Å². The van der Waals surface area contributed by atoms with Gasteiger partial charge in [-0.25, -0.2) is 4.39 Å². The summed E-state index contributed by atoms with van der Waals surface area (Å²) in [5.41, 5.74) is 4.49. The predicted octanol–water partition coefficient (Wildman–Crippen LogP) is 4.79. The molecule has 21 heavy (non-hydrogen) atoms. The van der Waals surface area contributed by atoms with Gasteiger partial charge in [-0.15, -0.1) is 0 Å². The Kier molecular flexibility index (Phi) is 5.51. The Morgan fingerprint density at radius 3 is 2.52 bits per heavy atom. The third-order valence-corrected chi connectivity index (χ3v) is 3.63. The highest BCUT2D eigenvalue weighted by molar-refractivity contribution is 5.36. The van der Waals surface area contributed by atoms with Gasteiger partial charge >= 0.3 is 0 Å². The van der Waals surface area contributed by atoms with Crippen LogP contribution in [0.15, 0.2) is 42.5 Å². The van der Waals surface area contributed by atoms with Crippen molar-refractivity contribution in [1.29, 1.82) is 0 Å². The summed E-state index contributed by atoms with van der Waals surface area (Å²) in [6.45, 7) is 7.04. The van der Waals surface area contributed by atoms with Crippen LogP contribution in [0.2, 0.25) is 0 Å². The van der Waals surface area contributed by atoms with Crippen molar-refractivity contribution in [3.8, 4) is 0 Å². The SMILES string of the molecule is CCCc1cccc(C(NCC)c2cc(C)cc(F)c2)c1. The van der Waals surface area contributed by atoms with Gasteiger partial charge in [-0.2, -0.15) is 0 Å². The lowest BCUT2D eigenvalue weighted by molar-refractivity contribution is 0.601. The molecule has 0 amide bonds. The predicted molar refractivity (Wildman–Crippen MR) is 87.1 cm³/mol. The van der Waals surface area contributed by atoms with E-state index in [0.29, 0.717) is 0 Å². The molecule has 1 N–H and O–H groups in total. The van der Waals surface area contributed by atoms with Crippen molar-refractivity contribution in [2.75, 3.05) is 6.54 Å². The summed E-state index contributed by atoms with van der Waals surface area (Å²) in [7, 11) is 0. The Morgan fingerprint density at radius 1 is 1.05 bits per heavy atom. The highest BCUT2D eigenvalue weighted by Crippen LogP contribution is 2.25. The van der Waals surface area contributed by atoms with Crippen LogP contribution in [0, 0.1) is 12.7 Å². The fourth-order valence-corrected chi connectivity index (χ4v) is 2.78. The minimum atomic E-state index is -0.169. The van der Waals surface area contributed by atoms with Gasteiger partial charge < -0.3 is 5.32 Å². The lowest BCUT2D eigenvalue weighted by Gasteiger charge is -2.20. The van der Waals surface area contributed by atoms with E-state index >= 15 is 0 Å². The molecule has 1 atom stereocenters. The molecule has 0 aliphatic rings. The van der Waals surface area contributed by atoms with Crippen LogP contribution in [0.1, 0.15) is 48.6 Å². The molecule has 0 aromatic heterocycles. The van der Waals surface area contributed by atoms with Crippen molar-refractivity contribution >= 4 is 0 Å². The van der Waals surface area contributed by atoms with Crippen molar-refractivity contribution < 1.29 is 4.39 Å². The first kappa shape index (κ1) is 15.7. The lowest BCUT2D eigenvalue weighted by atomic mass is 9.95. The van der Waals surface area contributed by atoms with E-state index in [0.717, 1.165) is 30.5 Å². The Bertz CT molecular complexity index is 572. The molecule has 0 bridgehead atoms. The quantitative estimate of drug-likeness (QED) is 0.805. The highest BCUT2D eigenvalue weighted by atomic mass is 19.1. The molecule has 0 aliphatic heterocycles. The first-order valence-electron chi connectivity index (χ1n) is 7.73. The highest BCUT2D eigenvalue weighted by Gasteiger charge is 2.14. The molecule has 0 saturated heterocycles. The lowest BCUT2D eigenvalue weighted by Crippen LogP contribution is -2.22. The monoisotopic (exact) mass is 285 g/mol. The minimum Gasteiger partial charge on any atom is -0.307 e. The fourth-order valence-electron chi connectivity index (χ4n) is 2.78. The molecule has 1 nitrogen and oxygen atoms in total. The number of halogens is 1. The van der Waals surface area contributed by atoms with Crippen LogP contribution in [0.3, 0.4) is 0 Å². The zero-order valence-corrected chi connectivity index (χ0v) is 13.1. The Labute approximate surface area is 127 Å². The molecule has 2 aromatic rings. The van der Waals surface area contributed by atoms with Gasteiger partial charge in [-0.05, 0) is 54.3 Å². The van der Waals surface area contributed by atoms with E-state index in [-0.39, 0.29) is 11.9 Å². The zero-order chi connectivity index (χ0) is 15.2. The molecular formula is C19H24FN. The second kappa shape index (κ2) is 7.37. The summed E-state index contributed by atoms with van der Waals surface area (Å²) < 4.78 is 13.7. The van der Waals surface area contributed by atoms with Crippen LogP contribution in [0.4, 0.5) is 4.39 Å². The molecule has 2 heteroatoms. The summed E-state index contributed by atoms with van der Waals surface area (Å²) in [4.78, 5) is 0. The van der Waals surface area contributed by atoms with Crippen molar-refractivity contribution in [2.45, 2.75) is 39.7 Å². The number of aryl methyl sites for hydroxylation is 2. The number of nitrogens with one attached hydrogen (secondary N) is 1. The van der Waals surface area contributed by atoms with Gasteiger partial charge in [0.05, 0.1) is 6.04 Å². The molecule has 0 saturated carbocycles. The maximum atomic E-state index is 13.7. The van der Waals surface area contributed by atoms with Gasteiger partial charge in [0.15, 0.2) is 0 Å². The summed E-state index contributed by atoms with van der Waals surface area (Å²) >= 11 is 0. The average Bonchev–Trinajstić information content (AvgIpc) is 2.44. The molecule has 0 radical (unpaired) electrons. The third kappa shape index (κ3) is 4.15. The van der Waals surface area contributed by atoms with Crippen molar-refractivity contribution in [3.05, 3.63) is 70.5 Å². The van der Waals surface area contributed by atoms with Crippen LogP contribution in [0.25, 0.3) is 0 Å². The number of benzene rings is 2. The summed E-state index contributed by atoms with van der Waals surface area (Å²) in [6, 6.07) is 13.9. The molecule has 2 rings (SSSR count). The Balaban J connectivity index is 2.40. The molecule has 0 aliphatic carbocycles. The van der Waals surface area contributed by atoms with Gasteiger partial charge in [-0.3, -0.25) is 0 Å². The van der Waals surface area contributed by atoms with Crippen LogP contribution in [-0.2, 0) is 6.42 Å².